The molecular weight excluding hydrogens is 422 g/mol. The second kappa shape index (κ2) is 7.99. The highest BCUT2D eigenvalue weighted by Crippen LogP contribution is 2.19. The zero-order valence-electron chi connectivity index (χ0n) is 16.8. The predicted octanol–water partition coefficient (Wildman–Crippen LogP) is 0.518. The summed E-state index contributed by atoms with van der Waals surface area (Å²) in [4.78, 5) is 43.6. The van der Waals surface area contributed by atoms with Gasteiger partial charge >= 0.3 is 5.69 Å². The molecule has 10 nitrogen and oxygen atoms in total. The van der Waals surface area contributed by atoms with E-state index in [1.165, 1.54) is 42.2 Å². The van der Waals surface area contributed by atoms with Crippen LogP contribution in [0.15, 0.2) is 57.2 Å². The molecular formula is C20H21N5O5S. The molecule has 1 amide bonds. The summed E-state index contributed by atoms with van der Waals surface area (Å²) in [7, 11) is -2.52. The quantitative estimate of drug-likeness (QED) is 0.613. The Balaban J connectivity index is 1.77. The van der Waals surface area contributed by atoms with Crippen LogP contribution in [0.4, 0.5) is 5.69 Å². The lowest BCUT2D eigenvalue weighted by molar-refractivity contribution is -0.130. The number of pyridine rings is 1. The minimum Gasteiger partial charge on any atom is -0.341 e. The number of hydrogen-bond acceptors (Lipinski definition) is 6. The second-order valence-electron chi connectivity index (χ2n) is 7.35. The Labute approximate surface area is 177 Å². The van der Waals surface area contributed by atoms with Crippen molar-refractivity contribution in [2.24, 2.45) is 7.05 Å². The van der Waals surface area contributed by atoms with Gasteiger partial charge in [-0.1, -0.05) is 0 Å². The number of aromatic nitrogens is 3. The maximum absolute atomic E-state index is 13.0. The first-order valence-corrected chi connectivity index (χ1v) is 11.2. The predicted molar refractivity (Wildman–Crippen MR) is 114 cm³/mol. The van der Waals surface area contributed by atoms with E-state index in [1.54, 1.807) is 17.0 Å². The van der Waals surface area contributed by atoms with E-state index in [4.69, 9.17) is 0 Å². The molecule has 1 aliphatic rings. The van der Waals surface area contributed by atoms with Crippen LogP contribution in [0.1, 0.15) is 12.8 Å². The molecule has 4 rings (SSSR count). The van der Waals surface area contributed by atoms with Gasteiger partial charge in [-0.25, -0.2) is 13.2 Å². The van der Waals surface area contributed by atoms with E-state index in [9.17, 15) is 22.8 Å². The monoisotopic (exact) mass is 443 g/mol. The molecule has 0 radical (unpaired) electrons. The molecule has 0 bridgehead atoms. The van der Waals surface area contributed by atoms with Crippen LogP contribution in [0.5, 0.6) is 0 Å². The van der Waals surface area contributed by atoms with Crippen molar-refractivity contribution >= 4 is 32.5 Å². The van der Waals surface area contributed by atoms with Gasteiger partial charge in [-0.05, 0) is 43.2 Å². The van der Waals surface area contributed by atoms with Gasteiger partial charge in [0, 0.05) is 26.3 Å². The molecule has 0 aliphatic carbocycles. The van der Waals surface area contributed by atoms with Gasteiger partial charge in [0.2, 0.25) is 5.91 Å². The van der Waals surface area contributed by atoms with Crippen molar-refractivity contribution in [3.8, 4) is 0 Å². The first kappa shape index (κ1) is 20.8. The zero-order valence-corrected chi connectivity index (χ0v) is 17.6. The van der Waals surface area contributed by atoms with Gasteiger partial charge in [-0.3, -0.25) is 28.4 Å². The largest absolute Gasteiger partial charge is 0.341 e. The van der Waals surface area contributed by atoms with Crippen LogP contribution in [0, 0.1) is 0 Å². The summed E-state index contributed by atoms with van der Waals surface area (Å²) in [5.74, 6) is -0.307. The van der Waals surface area contributed by atoms with Crippen molar-refractivity contribution < 1.29 is 13.2 Å². The zero-order chi connectivity index (χ0) is 22.2. The molecule has 1 aliphatic heterocycles. The molecule has 11 heteroatoms. The van der Waals surface area contributed by atoms with Crippen LogP contribution >= 0.6 is 0 Å². The van der Waals surface area contributed by atoms with Gasteiger partial charge in [0.25, 0.3) is 15.6 Å². The molecule has 1 fully saturated rings. The Morgan fingerprint density at radius 1 is 1.16 bits per heavy atom. The smallest absolute Gasteiger partial charge is 0.331 e. The number of anilines is 1. The van der Waals surface area contributed by atoms with Gasteiger partial charge in [-0.15, -0.1) is 0 Å². The molecule has 0 atom stereocenters. The third-order valence-electron chi connectivity index (χ3n) is 5.30. The standard InChI is InChI=1S/C20H21N5O5S/c1-23-17-7-6-15(31(29,30)22-14-5-4-8-21-12-14)11-16(17)19(27)25(20(23)28)13-18(26)24-9-2-3-10-24/h4-8,11-12,22H,2-3,9-10,13H2,1H3. The first-order valence-electron chi connectivity index (χ1n) is 9.72. The minimum atomic E-state index is -3.99. The van der Waals surface area contributed by atoms with Crippen molar-refractivity contribution in [1.82, 2.24) is 19.0 Å². The number of hydrogen-bond donors (Lipinski definition) is 1. The minimum absolute atomic E-state index is 0.0328. The molecule has 0 unspecified atom stereocenters. The van der Waals surface area contributed by atoms with E-state index in [0.29, 0.717) is 13.1 Å². The average Bonchev–Trinajstić information content (AvgIpc) is 3.30. The number of carbonyl (C=O) groups excluding carboxylic acids is 1. The number of aryl methyl sites for hydroxylation is 1. The van der Waals surface area contributed by atoms with Gasteiger partial charge < -0.3 is 4.90 Å². The van der Waals surface area contributed by atoms with E-state index in [1.807, 2.05) is 0 Å². The Bertz CT molecular complexity index is 1370. The fourth-order valence-electron chi connectivity index (χ4n) is 3.64. The highest BCUT2D eigenvalue weighted by Gasteiger charge is 2.22. The van der Waals surface area contributed by atoms with Crippen LogP contribution in [0.25, 0.3) is 10.9 Å². The Kier molecular flexibility index (Phi) is 5.36. The average molecular weight is 443 g/mol. The van der Waals surface area contributed by atoms with E-state index < -0.39 is 21.3 Å². The second-order valence-corrected chi connectivity index (χ2v) is 9.03. The topological polar surface area (TPSA) is 123 Å². The Hall–Kier alpha value is -3.47. The number of sulfonamides is 1. The van der Waals surface area contributed by atoms with E-state index >= 15 is 0 Å². The van der Waals surface area contributed by atoms with Crippen molar-refractivity contribution in [3.63, 3.8) is 0 Å². The summed E-state index contributed by atoms with van der Waals surface area (Å²) < 4.78 is 30.0. The van der Waals surface area contributed by atoms with E-state index in [0.717, 1.165) is 17.4 Å². The molecule has 2 aromatic heterocycles. The number of amides is 1. The van der Waals surface area contributed by atoms with Crippen molar-refractivity contribution in [2.75, 3.05) is 17.8 Å². The summed E-state index contributed by atoms with van der Waals surface area (Å²) in [5.41, 5.74) is -0.782. The molecule has 1 saturated heterocycles. The van der Waals surface area contributed by atoms with Crippen LogP contribution in [-0.4, -0.2) is 46.4 Å². The maximum atomic E-state index is 13.0. The molecule has 0 saturated carbocycles. The van der Waals surface area contributed by atoms with Crippen molar-refractivity contribution in [2.45, 2.75) is 24.3 Å². The number of likely N-dealkylation sites (tertiary alicyclic amines) is 1. The van der Waals surface area contributed by atoms with Gasteiger partial charge in [0.05, 0.1) is 27.7 Å². The number of nitrogens with zero attached hydrogens (tertiary/aromatic N) is 4. The molecule has 31 heavy (non-hydrogen) atoms. The number of benzene rings is 1. The lowest BCUT2D eigenvalue weighted by Gasteiger charge is -2.17. The molecule has 162 valence electrons. The summed E-state index contributed by atoms with van der Waals surface area (Å²) in [6, 6.07) is 7.07. The van der Waals surface area contributed by atoms with E-state index in [-0.39, 0.29) is 33.9 Å². The van der Waals surface area contributed by atoms with Gasteiger partial charge in [0.1, 0.15) is 6.54 Å². The highest BCUT2D eigenvalue weighted by atomic mass is 32.2. The fourth-order valence-corrected chi connectivity index (χ4v) is 4.71. The number of nitrogens with one attached hydrogen (secondary N) is 1. The summed E-state index contributed by atoms with van der Waals surface area (Å²) in [6.07, 6.45) is 4.66. The summed E-state index contributed by atoms with van der Waals surface area (Å²) in [5, 5.41) is 0.0328. The molecule has 0 spiro atoms. The van der Waals surface area contributed by atoms with Crippen LogP contribution in [0.2, 0.25) is 0 Å². The Morgan fingerprint density at radius 3 is 2.58 bits per heavy atom. The lowest BCUT2D eigenvalue weighted by atomic mass is 10.2. The Morgan fingerprint density at radius 2 is 1.90 bits per heavy atom. The highest BCUT2D eigenvalue weighted by molar-refractivity contribution is 7.92. The normalized spacial score (nSPS) is 14.2. The van der Waals surface area contributed by atoms with Crippen molar-refractivity contribution in [3.05, 3.63) is 63.6 Å². The van der Waals surface area contributed by atoms with Crippen LogP contribution in [0.3, 0.4) is 0 Å². The summed E-state index contributed by atoms with van der Waals surface area (Å²) >= 11 is 0. The third-order valence-corrected chi connectivity index (χ3v) is 6.68. The van der Waals surface area contributed by atoms with Gasteiger partial charge in [0.15, 0.2) is 0 Å². The number of fused-ring (bicyclic) bond motifs is 1. The lowest BCUT2D eigenvalue weighted by Crippen LogP contribution is -2.43. The summed E-state index contributed by atoms with van der Waals surface area (Å²) in [6.45, 7) is 0.820. The van der Waals surface area contributed by atoms with Crippen LogP contribution in [-0.2, 0) is 28.4 Å². The van der Waals surface area contributed by atoms with Crippen molar-refractivity contribution in [1.29, 1.82) is 0 Å². The van der Waals surface area contributed by atoms with Gasteiger partial charge in [-0.2, -0.15) is 0 Å². The molecule has 1 N–H and O–H groups in total. The fraction of sp³-hybridized carbons (Fsp3) is 0.300. The molecule has 1 aromatic carbocycles. The van der Waals surface area contributed by atoms with Crippen LogP contribution < -0.4 is 16.0 Å². The molecule has 3 aromatic rings. The SMILES string of the molecule is Cn1c(=O)n(CC(=O)N2CCCC2)c(=O)c2cc(S(=O)(=O)Nc3cccnc3)ccc21. The molecule has 3 heterocycles. The number of carbonyl (C=O) groups is 1. The maximum Gasteiger partial charge on any atom is 0.331 e. The first-order chi connectivity index (χ1) is 14.8. The number of rotatable bonds is 5. The van der Waals surface area contributed by atoms with E-state index in [2.05, 4.69) is 9.71 Å². The third kappa shape index (κ3) is 3.96.